The molecule has 3 rings (SSSR count). The van der Waals surface area contributed by atoms with Gasteiger partial charge in [-0.25, -0.2) is 0 Å². The third-order valence-electron chi connectivity index (χ3n) is 2.81. The lowest BCUT2D eigenvalue weighted by Crippen LogP contribution is -1.97. The Hall–Kier alpha value is -2.53. The highest BCUT2D eigenvalue weighted by molar-refractivity contribution is 6.30. The number of nitrogens with zero attached hydrogens (tertiary/aromatic N) is 2. The number of ether oxygens (including phenoxy) is 1. The fourth-order valence-corrected chi connectivity index (χ4v) is 1.86. The molecule has 0 saturated heterocycles. The van der Waals surface area contributed by atoms with Gasteiger partial charge < -0.3 is 15.0 Å². The van der Waals surface area contributed by atoms with Gasteiger partial charge in [0.2, 0.25) is 5.82 Å². The van der Waals surface area contributed by atoms with Gasteiger partial charge >= 0.3 is 0 Å². The summed E-state index contributed by atoms with van der Waals surface area (Å²) in [5.41, 5.74) is 7.11. The molecular formula is C15H12ClN3O2. The highest BCUT2D eigenvalue weighted by atomic mass is 35.5. The van der Waals surface area contributed by atoms with Crippen LogP contribution in [0.5, 0.6) is 5.75 Å². The molecule has 0 saturated carbocycles. The molecule has 0 bridgehead atoms. The zero-order valence-electron chi connectivity index (χ0n) is 11.0. The Labute approximate surface area is 126 Å². The summed E-state index contributed by atoms with van der Waals surface area (Å²) in [5.74, 6) is 1.60. The predicted octanol–water partition coefficient (Wildman–Crippen LogP) is 3.55. The predicted molar refractivity (Wildman–Crippen MR) is 79.9 cm³/mol. The summed E-state index contributed by atoms with van der Waals surface area (Å²) in [6.07, 6.45) is 0. The van der Waals surface area contributed by atoms with E-state index in [1.54, 1.807) is 36.4 Å². The Morgan fingerprint density at radius 2 is 1.76 bits per heavy atom. The van der Waals surface area contributed by atoms with Gasteiger partial charge in [0.15, 0.2) is 6.61 Å². The van der Waals surface area contributed by atoms with E-state index in [9.17, 15) is 0 Å². The molecular weight excluding hydrogens is 290 g/mol. The molecule has 0 unspecified atom stereocenters. The van der Waals surface area contributed by atoms with Crippen LogP contribution in [-0.4, -0.2) is 10.1 Å². The van der Waals surface area contributed by atoms with Crippen molar-refractivity contribution in [1.29, 1.82) is 0 Å². The molecule has 2 aromatic carbocycles. The maximum Gasteiger partial charge on any atom is 0.258 e. The smallest absolute Gasteiger partial charge is 0.258 e. The lowest BCUT2D eigenvalue weighted by atomic mass is 10.2. The second-order valence-corrected chi connectivity index (χ2v) is 4.82. The van der Waals surface area contributed by atoms with Crippen LogP contribution in [0, 0.1) is 0 Å². The molecule has 0 radical (unpaired) electrons. The molecule has 21 heavy (non-hydrogen) atoms. The minimum Gasteiger partial charge on any atom is -0.485 e. The minimum atomic E-state index is 0.223. The van der Waals surface area contributed by atoms with Crippen molar-refractivity contribution < 1.29 is 9.26 Å². The highest BCUT2D eigenvalue weighted by Gasteiger charge is 2.09. The topological polar surface area (TPSA) is 74.2 Å². The van der Waals surface area contributed by atoms with Gasteiger partial charge in [0.1, 0.15) is 5.75 Å². The van der Waals surface area contributed by atoms with Gasteiger partial charge in [0.25, 0.3) is 5.89 Å². The van der Waals surface area contributed by atoms with Crippen molar-refractivity contribution in [3.05, 3.63) is 59.4 Å². The van der Waals surface area contributed by atoms with Crippen LogP contribution in [0.1, 0.15) is 5.82 Å². The first-order valence-electron chi connectivity index (χ1n) is 6.27. The van der Waals surface area contributed by atoms with E-state index >= 15 is 0 Å². The molecule has 0 amide bonds. The number of hydrogen-bond acceptors (Lipinski definition) is 5. The molecule has 2 N–H and O–H groups in total. The lowest BCUT2D eigenvalue weighted by molar-refractivity contribution is 0.287. The van der Waals surface area contributed by atoms with Crippen LogP contribution in [-0.2, 0) is 6.61 Å². The zero-order chi connectivity index (χ0) is 14.7. The normalized spacial score (nSPS) is 10.5. The van der Waals surface area contributed by atoms with E-state index in [0.717, 1.165) is 5.56 Å². The monoisotopic (exact) mass is 301 g/mol. The van der Waals surface area contributed by atoms with Gasteiger partial charge in [0, 0.05) is 16.3 Å². The Balaban J connectivity index is 1.67. The van der Waals surface area contributed by atoms with E-state index in [2.05, 4.69) is 10.1 Å². The fraction of sp³-hybridized carbons (Fsp3) is 0.0667. The second-order valence-electron chi connectivity index (χ2n) is 4.38. The largest absolute Gasteiger partial charge is 0.485 e. The maximum absolute atomic E-state index is 5.84. The van der Waals surface area contributed by atoms with E-state index in [-0.39, 0.29) is 6.61 Å². The fourth-order valence-electron chi connectivity index (χ4n) is 1.73. The van der Waals surface area contributed by atoms with Gasteiger partial charge in [-0.3, -0.25) is 0 Å². The first-order chi connectivity index (χ1) is 10.2. The van der Waals surface area contributed by atoms with Gasteiger partial charge in [-0.15, -0.1) is 0 Å². The highest BCUT2D eigenvalue weighted by Crippen LogP contribution is 2.20. The zero-order valence-corrected chi connectivity index (χ0v) is 11.7. The molecule has 0 aliphatic rings. The third kappa shape index (κ3) is 3.32. The van der Waals surface area contributed by atoms with Crippen LogP contribution in [0.15, 0.2) is 53.1 Å². The summed E-state index contributed by atoms with van der Waals surface area (Å²) in [6.45, 7) is 0.223. The van der Waals surface area contributed by atoms with Crippen LogP contribution < -0.4 is 10.5 Å². The average molecular weight is 302 g/mol. The van der Waals surface area contributed by atoms with Crippen molar-refractivity contribution in [2.45, 2.75) is 6.61 Å². The molecule has 6 heteroatoms. The minimum absolute atomic E-state index is 0.223. The first kappa shape index (κ1) is 13.5. The first-order valence-corrected chi connectivity index (χ1v) is 6.65. The number of hydrogen-bond donors (Lipinski definition) is 1. The van der Waals surface area contributed by atoms with E-state index in [4.69, 9.17) is 26.6 Å². The van der Waals surface area contributed by atoms with Gasteiger partial charge in [-0.05, 0) is 48.5 Å². The molecule has 3 aromatic rings. The van der Waals surface area contributed by atoms with Crippen molar-refractivity contribution in [3.8, 4) is 17.2 Å². The lowest BCUT2D eigenvalue weighted by Gasteiger charge is -2.02. The number of aromatic nitrogens is 2. The molecule has 1 aromatic heterocycles. The van der Waals surface area contributed by atoms with Crippen LogP contribution >= 0.6 is 11.6 Å². The number of nitrogens with two attached hydrogens (primary N) is 1. The number of anilines is 1. The molecule has 5 nitrogen and oxygen atoms in total. The SMILES string of the molecule is Nc1ccc(OCc2noc(-c3ccc(Cl)cc3)n2)cc1. The average Bonchev–Trinajstić information content (AvgIpc) is 2.96. The molecule has 1 heterocycles. The van der Waals surface area contributed by atoms with E-state index in [1.807, 2.05) is 12.1 Å². The third-order valence-corrected chi connectivity index (χ3v) is 3.06. The Morgan fingerprint density at radius 1 is 1.05 bits per heavy atom. The standard InChI is InChI=1S/C15H12ClN3O2/c16-11-3-1-10(2-4-11)15-18-14(19-21-15)9-20-13-7-5-12(17)6-8-13/h1-8H,9,17H2. The quantitative estimate of drug-likeness (QED) is 0.746. The van der Waals surface area contributed by atoms with Crippen molar-refractivity contribution in [1.82, 2.24) is 10.1 Å². The van der Waals surface area contributed by atoms with Crippen molar-refractivity contribution in [2.75, 3.05) is 5.73 Å². The Morgan fingerprint density at radius 3 is 2.48 bits per heavy atom. The summed E-state index contributed by atoms with van der Waals surface area (Å²) in [4.78, 5) is 4.27. The molecule has 0 spiro atoms. The summed E-state index contributed by atoms with van der Waals surface area (Å²) >= 11 is 5.84. The van der Waals surface area contributed by atoms with Gasteiger partial charge in [0.05, 0.1) is 0 Å². The molecule has 106 valence electrons. The second kappa shape index (κ2) is 5.85. The van der Waals surface area contributed by atoms with Crippen LogP contribution in [0.3, 0.4) is 0 Å². The van der Waals surface area contributed by atoms with Crippen LogP contribution in [0.4, 0.5) is 5.69 Å². The van der Waals surface area contributed by atoms with Gasteiger partial charge in [-0.1, -0.05) is 16.8 Å². The number of benzene rings is 2. The molecule has 0 aliphatic carbocycles. The van der Waals surface area contributed by atoms with Gasteiger partial charge in [-0.2, -0.15) is 4.98 Å². The van der Waals surface area contributed by atoms with Crippen molar-refractivity contribution in [2.24, 2.45) is 0 Å². The number of halogens is 1. The summed E-state index contributed by atoms with van der Waals surface area (Å²) < 4.78 is 10.7. The summed E-state index contributed by atoms with van der Waals surface area (Å²) in [7, 11) is 0. The van der Waals surface area contributed by atoms with Crippen LogP contribution in [0.2, 0.25) is 5.02 Å². The molecule has 0 atom stereocenters. The molecule has 0 aliphatic heterocycles. The Bertz CT molecular complexity index is 723. The van der Waals surface area contributed by atoms with E-state index in [1.165, 1.54) is 0 Å². The number of rotatable bonds is 4. The maximum atomic E-state index is 5.84. The van der Waals surface area contributed by atoms with Crippen molar-refractivity contribution >= 4 is 17.3 Å². The summed E-state index contributed by atoms with van der Waals surface area (Å²) in [5, 5.41) is 4.54. The van der Waals surface area contributed by atoms with E-state index < -0.39 is 0 Å². The molecule has 0 fully saturated rings. The number of nitrogen functional groups attached to an aromatic ring is 1. The summed E-state index contributed by atoms with van der Waals surface area (Å²) in [6, 6.07) is 14.3. The van der Waals surface area contributed by atoms with Crippen LogP contribution in [0.25, 0.3) is 11.5 Å². The van der Waals surface area contributed by atoms with E-state index in [0.29, 0.717) is 28.2 Å². The van der Waals surface area contributed by atoms with Crippen molar-refractivity contribution in [3.63, 3.8) is 0 Å². The Kier molecular flexibility index (Phi) is 3.75.